The van der Waals surface area contributed by atoms with Crippen molar-refractivity contribution in [3.63, 3.8) is 0 Å². The van der Waals surface area contributed by atoms with E-state index in [0.717, 1.165) is 17.1 Å². The van der Waals surface area contributed by atoms with Crippen LogP contribution in [0, 0.1) is 13.8 Å². The summed E-state index contributed by atoms with van der Waals surface area (Å²) in [5.41, 5.74) is 4.29. The van der Waals surface area contributed by atoms with Crippen LogP contribution < -0.4 is 15.4 Å². The SMILES string of the molecule is Cc1cccc(C)c1Nc1ccc(NC(=O)CCOc2ccccc2)nc1. The summed E-state index contributed by atoms with van der Waals surface area (Å²) in [6, 6.07) is 19.3. The van der Waals surface area contributed by atoms with Crippen LogP contribution in [0.15, 0.2) is 66.9 Å². The Morgan fingerprint density at radius 2 is 1.70 bits per heavy atom. The van der Waals surface area contributed by atoms with Gasteiger partial charge in [-0.25, -0.2) is 4.98 Å². The lowest BCUT2D eigenvalue weighted by atomic mass is 10.1. The van der Waals surface area contributed by atoms with Gasteiger partial charge in [0.05, 0.1) is 24.9 Å². The molecule has 0 aliphatic rings. The van der Waals surface area contributed by atoms with Crippen LogP contribution in [0.1, 0.15) is 17.5 Å². The molecular weight excluding hydrogens is 338 g/mol. The van der Waals surface area contributed by atoms with Crippen LogP contribution >= 0.6 is 0 Å². The second-order valence-corrected chi connectivity index (χ2v) is 6.28. The molecule has 5 nitrogen and oxygen atoms in total. The molecule has 0 radical (unpaired) electrons. The first-order valence-corrected chi connectivity index (χ1v) is 8.89. The van der Waals surface area contributed by atoms with E-state index in [1.165, 1.54) is 11.1 Å². The number of amides is 1. The smallest absolute Gasteiger partial charge is 0.228 e. The Labute approximate surface area is 159 Å². The van der Waals surface area contributed by atoms with Crippen molar-refractivity contribution >= 4 is 23.1 Å². The molecule has 0 aliphatic carbocycles. The van der Waals surface area contributed by atoms with Gasteiger partial charge in [0.1, 0.15) is 11.6 Å². The summed E-state index contributed by atoms with van der Waals surface area (Å²) < 4.78 is 5.53. The second-order valence-electron chi connectivity index (χ2n) is 6.28. The van der Waals surface area contributed by atoms with Crippen LogP contribution in [-0.2, 0) is 4.79 Å². The number of hydrogen-bond donors (Lipinski definition) is 2. The molecule has 0 bridgehead atoms. The van der Waals surface area contributed by atoms with Crippen molar-refractivity contribution in [3.05, 3.63) is 78.0 Å². The Bertz CT molecular complexity index is 873. The van der Waals surface area contributed by atoms with Crippen LogP contribution in [0.25, 0.3) is 0 Å². The van der Waals surface area contributed by atoms with Gasteiger partial charge in [-0.3, -0.25) is 4.79 Å². The Morgan fingerprint density at radius 1 is 0.963 bits per heavy atom. The van der Waals surface area contributed by atoms with E-state index >= 15 is 0 Å². The highest BCUT2D eigenvalue weighted by molar-refractivity contribution is 5.89. The molecule has 2 N–H and O–H groups in total. The molecule has 3 aromatic rings. The molecule has 27 heavy (non-hydrogen) atoms. The molecule has 138 valence electrons. The van der Waals surface area contributed by atoms with Crippen molar-refractivity contribution in [2.45, 2.75) is 20.3 Å². The summed E-state index contributed by atoms with van der Waals surface area (Å²) >= 11 is 0. The Kier molecular flexibility index (Phi) is 6.05. The third-order valence-electron chi connectivity index (χ3n) is 4.12. The molecule has 0 atom stereocenters. The van der Waals surface area contributed by atoms with E-state index in [-0.39, 0.29) is 12.3 Å². The van der Waals surface area contributed by atoms with Gasteiger partial charge in [-0.1, -0.05) is 36.4 Å². The number of carbonyl (C=O) groups excluding carboxylic acids is 1. The maximum Gasteiger partial charge on any atom is 0.228 e. The van der Waals surface area contributed by atoms with E-state index in [0.29, 0.717) is 12.4 Å². The van der Waals surface area contributed by atoms with Crippen LogP contribution in [0.5, 0.6) is 5.75 Å². The zero-order chi connectivity index (χ0) is 19.1. The standard InChI is InChI=1S/C22H23N3O2/c1-16-7-6-8-17(2)22(16)24-18-11-12-20(23-15-18)25-21(26)13-14-27-19-9-4-3-5-10-19/h3-12,15,24H,13-14H2,1-2H3,(H,23,25,26). The van der Waals surface area contributed by atoms with Crippen molar-refractivity contribution in [1.29, 1.82) is 0 Å². The lowest BCUT2D eigenvalue weighted by Crippen LogP contribution is -2.16. The number of anilines is 3. The third kappa shape index (κ3) is 5.31. The fourth-order valence-electron chi connectivity index (χ4n) is 2.68. The number of aryl methyl sites for hydroxylation is 2. The largest absolute Gasteiger partial charge is 0.493 e. The van der Waals surface area contributed by atoms with Crippen LogP contribution in [0.3, 0.4) is 0 Å². The molecule has 1 heterocycles. The molecule has 0 saturated heterocycles. The number of benzene rings is 2. The molecule has 5 heteroatoms. The van der Waals surface area contributed by atoms with Crippen molar-refractivity contribution in [2.24, 2.45) is 0 Å². The van der Waals surface area contributed by atoms with Gasteiger partial charge in [0, 0.05) is 5.69 Å². The lowest BCUT2D eigenvalue weighted by molar-refractivity contribution is -0.116. The number of rotatable bonds is 7. The maximum absolute atomic E-state index is 12.0. The highest BCUT2D eigenvalue weighted by atomic mass is 16.5. The average molecular weight is 361 g/mol. The van der Waals surface area contributed by atoms with Crippen LogP contribution in [0.2, 0.25) is 0 Å². The first kappa shape index (κ1) is 18.5. The van der Waals surface area contributed by atoms with Crippen molar-refractivity contribution in [1.82, 2.24) is 4.98 Å². The fourth-order valence-corrected chi connectivity index (χ4v) is 2.68. The molecule has 0 unspecified atom stereocenters. The molecule has 0 fully saturated rings. The predicted molar refractivity (Wildman–Crippen MR) is 109 cm³/mol. The Morgan fingerprint density at radius 3 is 2.37 bits per heavy atom. The number of para-hydroxylation sites is 2. The first-order valence-electron chi connectivity index (χ1n) is 8.89. The zero-order valence-electron chi connectivity index (χ0n) is 15.5. The van der Waals surface area contributed by atoms with Gasteiger partial charge in [-0.2, -0.15) is 0 Å². The van der Waals surface area contributed by atoms with Gasteiger partial charge in [-0.15, -0.1) is 0 Å². The van der Waals surface area contributed by atoms with Crippen molar-refractivity contribution in [2.75, 3.05) is 17.2 Å². The molecular formula is C22H23N3O2. The average Bonchev–Trinajstić information content (AvgIpc) is 2.67. The molecule has 0 aliphatic heterocycles. The topological polar surface area (TPSA) is 63.2 Å². The minimum Gasteiger partial charge on any atom is -0.493 e. The van der Waals surface area contributed by atoms with E-state index < -0.39 is 0 Å². The summed E-state index contributed by atoms with van der Waals surface area (Å²) in [7, 11) is 0. The normalized spacial score (nSPS) is 10.3. The summed E-state index contributed by atoms with van der Waals surface area (Å²) in [4.78, 5) is 16.3. The van der Waals surface area contributed by atoms with Gasteiger partial charge >= 0.3 is 0 Å². The number of carbonyl (C=O) groups is 1. The number of nitrogens with one attached hydrogen (secondary N) is 2. The second kappa shape index (κ2) is 8.85. The van der Waals surface area contributed by atoms with E-state index in [4.69, 9.17) is 4.74 Å². The fraction of sp³-hybridized carbons (Fsp3) is 0.182. The van der Waals surface area contributed by atoms with Crippen LogP contribution in [0.4, 0.5) is 17.2 Å². The number of hydrogen-bond acceptors (Lipinski definition) is 4. The monoisotopic (exact) mass is 361 g/mol. The number of pyridine rings is 1. The Balaban J connectivity index is 1.50. The third-order valence-corrected chi connectivity index (χ3v) is 4.12. The first-order chi connectivity index (χ1) is 13.1. The molecule has 2 aromatic carbocycles. The minimum absolute atomic E-state index is 0.131. The summed E-state index contributed by atoms with van der Waals surface area (Å²) in [5, 5.41) is 6.16. The molecule has 0 saturated carbocycles. The van der Waals surface area contributed by atoms with Gasteiger partial charge in [0.15, 0.2) is 0 Å². The van der Waals surface area contributed by atoms with Gasteiger partial charge in [0.25, 0.3) is 0 Å². The summed E-state index contributed by atoms with van der Waals surface area (Å²) in [5.74, 6) is 1.14. The minimum atomic E-state index is -0.131. The van der Waals surface area contributed by atoms with Crippen molar-refractivity contribution < 1.29 is 9.53 Å². The number of aromatic nitrogens is 1. The number of ether oxygens (including phenoxy) is 1. The lowest BCUT2D eigenvalue weighted by Gasteiger charge is -2.13. The maximum atomic E-state index is 12.0. The van der Waals surface area contributed by atoms with E-state index in [1.54, 1.807) is 12.3 Å². The number of nitrogens with zero attached hydrogens (tertiary/aromatic N) is 1. The molecule has 3 rings (SSSR count). The molecule has 1 amide bonds. The highest BCUT2D eigenvalue weighted by Crippen LogP contribution is 2.24. The molecule has 1 aromatic heterocycles. The van der Waals surface area contributed by atoms with Gasteiger partial charge < -0.3 is 15.4 Å². The zero-order valence-corrected chi connectivity index (χ0v) is 15.5. The Hall–Kier alpha value is -3.34. The van der Waals surface area contributed by atoms with E-state index in [2.05, 4.69) is 41.6 Å². The van der Waals surface area contributed by atoms with E-state index in [1.807, 2.05) is 42.5 Å². The predicted octanol–water partition coefficient (Wildman–Crippen LogP) is 4.85. The highest BCUT2D eigenvalue weighted by Gasteiger charge is 2.06. The summed E-state index contributed by atoms with van der Waals surface area (Å²) in [6.45, 7) is 4.45. The summed E-state index contributed by atoms with van der Waals surface area (Å²) in [6.07, 6.45) is 1.97. The van der Waals surface area contributed by atoms with Crippen molar-refractivity contribution in [3.8, 4) is 5.75 Å². The quantitative estimate of drug-likeness (QED) is 0.631. The van der Waals surface area contributed by atoms with Gasteiger partial charge in [-0.05, 0) is 49.2 Å². The van der Waals surface area contributed by atoms with E-state index in [9.17, 15) is 4.79 Å². The molecule has 0 spiro atoms. The van der Waals surface area contributed by atoms with Gasteiger partial charge in [0.2, 0.25) is 5.91 Å². The van der Waals surface area contributed by atoms with Crippen LogP contribution in [-0.4, -0.2) is 17.5 Å².